The number of aromatic nitrogens is 1. The maximum atomic E-state index is 12.5. The first-order valence-corrected chi connectivity index (χ1v) is 4.46. The Hall–Kier alpha value is -1.06. The van der Waals surface area contributed by atoms with Crippen molar-refractivity contribution in [1.82, 2.24) is 4.98 Å². The molecular weight excluding hydrogens is 256 g/mol. The van der Waals surface area contributed by atoms with Crippen LogP contribution in [0.4, 0.5) is 8.78 Å². The maximum Gasteiger partial charge on any atom is 0.266 e. The Balaban J connectivity index is 3.45. The number of hydrogen-bond acceptors (Lipinski definition) is 3. The van der Waals surface area contributed by atoms with Gasteiger partial charge in [0.1, 0.15) is 6.07 Å². The van der Waals surface area contributed by atoms with Crippen LogP contribution >= 0.6 is 15.9 Å². The van der Waals surface area contributed by atoms with Crippen LogP contribution in [-0.2, 0) is 6.54 Å². The summed E-state index contributed by atoms with van der Waals surface area (Å²) in [7, 11) is 0. The standard InChI is InChI=1S/C8H6BrF2N3/c9-5-3-14-6(2-13)4(1-12)7(5)8(10)11/h3,8H,2,13H2. The lowest BCUT2D eigenvalue weighted by Gasteiger charge is -2.08. The topological polar surface area (TPSA) is 62.7 Å². The minimum absolute atomic E-state index is 0.0319. The minimum Gasteiger partial charge on any atom is -0.325 e. The van der Waals surface area contributed by atoms with E-state index in [1.165, 1.54) is 6.20 Å². The first kappa shape index (κ1) is 11.0. The average molecular weight is 262 g/mol. The number of alkyl halides is 2. The molecule has 1 aromatic rings. The smallest absolute Gasteiger partial charge is 0.266 e. The van der Waals surface area contributed by atoms with Crippen LogP contribution in [0.2, 0.25) is 0 Å². The van der Waals surface area contributed by atoms with Gasteiger partial charge in [0.05, 0.1) is 16.8 Å². The zero-order valence-electron chi connectivity index (χ0n) is 6.97. The summed E-state index contributed by atoms with van der Waals surface area (Å²) in [6.45, 7) is -0.0319. The Morgan fingerprint density at radius 2 is 2.29 bits per heavy atom. The van der Waals surface area contributed by atoms with Gasteiger partial charge in [0.15, 0.2) is 0 Å². The van der Waals surface area contributed by atoms with E-state index in [9.17, 15) is 8.78 Å². The van der Waals surface area contributed by atoms with Gasteiger partial charge in [-0.25, -0.2) is 8.78 Å². The second-order valence-electron chi connectivity index (χ2n) is 2.46. The molecule has 0 aliphatic heterocycles. The number of pyridine rings is 1. The van der Waals surface area contributed by atoms with Gasteiger partial charge in [-0.2, -0.15) is 5.26 Å². The SMILES string of the molecule is N#Cc1c(CN)ncc(Br)c1C(F)F. The van der Waals surface area contributed by atoms with E-state index < -0.39 is 6.43 Å². The van der Waals surface area contributed by atoms with Crippen molar-refractivity contribution in [3.8, 4) is 6.07 Å². The first-order chi connectivity index (χ1) is 6.61. The predicted molar refractivity (Wildman–Crippen MR) is 49.5 cm³/mol. The lowest BCUT2D eigenvalue weighted by atomic mass is 10.1. The van der Waals surface area contributed by atoms with Gasteiger partial charge in [0, 0.05) is 17.2 Å². The van der Waals surface area contributed by atoms with Crippen LogP contribution in [0.3, 0.4) is 0 Å². The number of nitriles is 1. The molecule has 0 radical (unpaired) electrons. The second-order valence-corrected chi connectivity index (χ2v) is 3.31. The Morgan fingerprint density at radius 3 is 2.71 bits per heavy atom. The molecule has 0 aliphatic carbocycles. The molecule has 0 unspecified atom stereocenters. The van der Waals surface area contributed by atoms with Crippen molar-refractivity contribution < 1.29 is 8.78 Å². The summed E-state index contributed by atoms with van der Waals surface area (Å²) < 4.78 is 25.2. The van der Waals surface area contributed by atoms with Crippen molar-refractivity contribution in [2.24, 2.45) is 5.73 Å². The second kappa shape index (κ2) is 4.44. The highest BCUT2D eigenvalue weighted by molar-refractivity contribution is 9.10. The molecule has 1 heterocycles. The third-order valence-electron chi connectivity index (χ3n) is 1.67. The zero-order valence-corrected chi connectivity index (χ0v) is 8.55. The van der Waals surface area contributed by atoms with Crippen molar-refractivity contribution in [2.45, 2.75) is 13.0 Å². The van der Waals surface area contributed by atoms with Crippen molar-refractivity contribution in [3.63, 3.8) is 0 Å². The fourth-order valence-corrected chi connectivity index (χ4v) is 1.51. The summed E-state index contributed by atoms with van der Waals surface area (Å²) >= 11 is 2.92. The third kappa shape index (κ3) is 1.89. The molecule has 3 nitrogen and oxygen atoms in total. The number of nitrogens with zero attached hydrogens (tertiary/aromatic N) is 2. The van der Waals surface area contributed by atoms with Gasteiger partial charge in [0.25, 0.3) is 6.43 Å². The summed E-state index contributed by atoms with van der Waals surface area (Å²) in [6.07, 6.45) is -1.49. The summed E-state index contributed by atoms with van der Waals surface area (Å²) in [6, 6.07) is 1.68. The van der Waals surface area contributed by atoms with Gasteiger partial charge in [-0.05, 0) is 15.9 Å². The van der Waals surface area contributed by atoms with Gasteiger partial charge >= 0.3 is 0 Å². The molecule has 6 heteroatoms. The summed E-state index contributed by atoms with van der Waals surface area (Å²) in [4.78, 5) is 3.78. The summed E-state index contributed by atoms with van der Waals surface area (Å²) in [5, 5.41) is 8.70. The Kier molecular flexibility index (Phi) is 3.49. The van der Waals surface area contributed by atoms with Crippen LogP contribution in [0, 0.1) is 11.3 Å². The van der Waals surface area contributed by atoms with E-state index in [0.717, 1.165) is 0 Å². The largest absolute Gasteiger partial charge is 0.325 e. The highest BCUT2D eigenvalue weighted by Gasteiger charge is 2.20. The molecule has 0 saturated carbocycles. The van der Waals surface area contributed by atoms with Gasteiger partial charge in [-0.3, -0.25) is 4.98 Å². The highest BCUT2D eigenvalue weighted by Crippen LogP contribution is 2.30. The molecule has 1 rings (SSSR count). The normalized spacial score (nSPS) is 10.3. The van der Waals surface area contributed by atoms with Gasteiger partial charge < -0.3 is 5.73 Å². The van der Waals surface area contributed by atoms with Crippen molar-refractivity contribution >= 4 is 15.9 Å². The Labute approximate surface area is 87.7 Å². The van der Waals surface area contributed by atoms with Gasteiger partial charge in [0.2, 0.25) is 0 Å². The molecule has 2 N–H and O–H groups in total. The van der Waals surface area contributed by atoms with Crippen LogP contribution in [0.25, 0.3) is 0 Å². The average Bonchev–Trinajstić information content (AvgIpc) is 2.16. The molecule has 0 atom stereocenters. The lowest BCUT2D eigenvalue weighted by Crippen LogP contribution is -2.06. The van der Waals surface area contributed by atoms with Crippen LogP contribution in [-0.4, -0.2) is 4.98 Å². The van der Waals surface area contributed by atoms with E-state index in [-0.39, 0.29) is 27.8 Å². The molecule has 0 saturated heterocycles. The van der Waals surface area contributed by atoms with Gasteiger partial charge in [-0.15, -0.1) is 0 Å². The van der Waals surface area contributed by atoms with E-state index in [1.54, 1.807) is 6.07 Å². The molecular formula is C8H6BrF2N3. The first-order valence-electron chi connectivity index (χ1n) is 3.67. The fraction of sp³-hybridized carbons (Fsp3) is 0.250. The molecule has 0 spiro atoms. The zero-order chi connectivity index (χ0) is 10.7. The molecule has 14 heavy (non-hydrogen) atoms. The van der Waals surface area contributed by atoms with Crippen molar-refractivity contribution in [3.05, 3.63) is 27.5 Å². The van der Waals surface area contributed by atoms with Crippen LogP contribution in [0.5, 0.6) is 0 Å². The molecule has 0 fully saturated rings. The number of rotatable bonds is 2. The quantitative estimate of drug-likeness (QED) is 0.887. The highest BCUT2D eigenvalue weighted by atomic mass is 79.9. The van der Waals surface area contributed by atoms with E-state index in [1.807, 2.05) is 0 Å². The number of halogens is 3. The van der Waals surface area contributed by atoms with Crippen molar-refractivity contribution in [1.29, 1.82) is 5.26 Å². The van der Waals surface area contributed by atoms with Crippen molar-refractivity contribution in [2.75, 3.05) is 0 Å². The lowest BCUT2D eigenvalue weighted by molar-refractivity contribution is 0.150. The van der Waals surface area contributed by atoms with E-state index in [0.29, 0.717) is 0 Å². The number of hydrogen-bond donors (Lipinski definition) is 1. The molecule has 74 valence electrons. The van der Waals surface area contributed by atoms with Gasteiger partial charge in [-0.1, -0.05) is 0 Å². The molecule has 0 amide bonds. The summed E-state index contributed by atoms with van der Waals surface area (Å²) in [5.41, 5.74) is 4.97. The maximum absolute atomic E-state index is 12.5. The van der Waals surface area contributed by atoms with E-state index >= 15 is 0 Å². The van der Waals surface area contributed by atoms with Crippen LogP contribution in [0.15, 0.2) is 10.7 Å². The monoisotopic (exact) mass is 261 g/mol. The minimum atomic E-state index is -2.72. The van der Waals surface area contributed by atoms with E-state index in [4.69, 9.17) is 11.0 Å². The fourth-order valence-electron chi connectivity index (χ4n) is 1.04. The Morgan fingerprint density at radius 1 is 1.64 bits per heavy atom. The molecule has 0 aromatic carbocycles. The van der Waals surface area contributed by atoms with E-state index in [2.05, 4.69) is 20.9 Å². The third-order valence-corrected chi connectivity index (χ3v) is 2.30. The van der Waals surface area contributed by atoms with Crippen LogP contribution in [0.1, 0.15) is 23.2 Å². The molecule has 0 aliphatic rings. The number of nitrogens with two attached hydrogens (primary N) is 1. The summed E-state index contributed by atoms with van der Waals surface area (Å²) in [5.74, 6) is 0. The Bertz CT molecular complexity index is 387. The molecule has 0 bridgehead atoms. The molecule has 1 aromatic heterocycles. The van der Waals surface area contributed by atoms with Crippen LogP contribution < -0.4 is 5.73 Å². The predicted octanol–water partition coefficient (Wildman–Crippen LogP) is 2.11.